The van der Waals surface area contributed by atoms with E-state index in [0.29, 0.717) is 6.54 Å². The Morgan fingerprint density at radius 3 is 2.83 bits per heavy atom. The van der Waals surface area contributed by atoms with Crippen LogP contribution in [-0.4, -0.2) is 12.0 Å². The maximum absolute atomic E-state index is 6.16. The minimum absolute atomic E-state index is 0.440. The predicted octanol–water partition coefficient (Wildman–Crippen LogP) is 3.20. The zero-order valence-electron chi connectivity index (χ0n) is 10.5. The zero-order chi connectivity index (χ0) is 13.1. The van der Waals surface area contributed by atoms with Gasteiger partial charge in [-0.05, 0) is 19.1 Å². The molecule has 18 heavy (non-hydrogen) atoms. The van der Waals surface area contributed by atoms with Crippen LogP contribution in [0.15, 0.2) is 23.6 Å². The van der Waals surface area contributed by atoms with Gasteiger partial charge in [0, 0.05) is 35.2 Å². The minimum Gasteiger partial charge on any atom is -0.368 e. The van der Waals surface area contributed by atoms with E-state index in [-0.39, 0.29) is 0 Å². The van der Waals surface area contributed by atoms with Gasteiger partial charge >= 0.3 is 0 Å². The van der Waals surface area contributed by atoms with Crippen LogP contribution in [0.4, 0.5) is 5.69 Å². The lowest BCUT2D eigenvalue weighted by Crippen LogP contribution is -2.19. The molecule has 0 saturated heterocycles. The molecule has 0 saturated carbocycles. The van der Waals surface area contributed by atoms with Crippen LogP contribution in [0.5, 0.6) is 0 Å². The molecule has 0 aliphatic heterocycles. The molecule has 2 rings (SSSR count). The number of anilines is 1. The lowest BCUT2D eigenvalue weighted by atomic mass is 10.1. The third-order valence-electron chi connectivity index (χ3n) is 2.78. The number of thiazole rings is 1. The molecule has 1 aromatic carbocycles. The van der Waals surface area contributed by atoms with Gasteiger partial charge in [0.05, 0.1) is 17.2 Å². The SMILES string of the molecule is Cc1nc(CN(C)c2cccc(Cl)c2CN)cs1. The van der Waals surface area contributed by atoms with Gasteiger partial charge < -0.3 is 10.6 Å². The number of nitrogens with zero attached hydrogens (tertiary/aromatic N) is 2. The predicted molar refractivity (Wildman–Crippen MR) is 78.3 cm³/mol. The van der Waals surface area contributed by atoms with Crippen molar-refractivity contribution in [3.8, 4) is 0 Å². The van der Waals surface area contributed by atoms with E-state index < -0.39 is 0 Å². The van der Waals surface area contributed by atoms with E-state index >= 15 is 0 Å². The number of aromatic nitrogens is 1. The van der Waals surface area contributed by atoms with Gasteiger partial charge in [-0.15, -0.1) is 11.3 Å². The van der Waals surface area contributed by atoms with Crippen molar-refractivity contribution >= 4 is 28.6 Å². The molecular formula is C13H16ClN3S. The first-order chi connectivity index (χ1) is 8.61. The van der Waals surface area contributed by atoms with E-state index in [1.54, 1.807) is 11.3 Å². The lowest BCUT2D eigenvalue weighted by molar-refractivity contribution is 0.877. The van der Waals surface area contributed by atoms with E-state index in [2.05, 4.69) is 15.3 Å². The van der Waals surface area contributed by atoms with Gasteiger partial charge in [0.25, 0.3) is 0 Å². The van der Waals surface area contributed by atoms with Crippen LogP contribution in [0.3, 0.4) is 0 Å². The lowest BCUT2D eigenvalue weighted by Gasteiger charge is -2.21. The molecule has 0 amide bonds. The van der Waals surface area contributed by atoms with Crippen molar-refractivity contribution in [2.75, 3.05) is 11.9 Å². The van der Waals surface area contributed by atoms with Crippen LogP contribution >= 0.6 is 22.9 Å². The second kappa shape index (κ2) is 5.69. The third kappa shape index (κ3) is 2.83. The van der Waals surface area contributed by atoms with E-state index in [4.69, 9.17) is 17.3 Å². The summed E-state index contributed by atoms with van der Waals surface area (Å²) in [5, 5.41) is 3.89. The Hall–Kier alpha value is -1.10. The Kier molecular flexibility index (Phi) is 4.22. The normalized spacial score (nSPS) is 10.7. The second-order valence-electron chi connectivity index (χ2n) is 4.16. The Bertz CT molecular complexity index is 539. The van der Waals surface area contributed by atoms with E-state index in [0.717, 1.165) is 33.5 Å². The maximum Gasteiger partial charge on any atom is 0.0898 e. The molecule has 96 valence electrons. The minimum atomic E-state index is 0.440. The maximum atomic E-state index is 6.16. The number of benzene rings is 1. The highest BCUT2D eigenvalue weighted by Crippen LogP contribution is 2.27. The molecule has 0 bridgehead atoms. The molecule has 1 aromatic heterocycles. The van der Waals surface area contributed by atoms with Crippen molar-refractivity contribution in [2.24, 2.45) is 5.73 Å². The van der Waals surface area contributed by atoms with E-state index in [1.165, 1.54) is 0 Å². The van der Waals surface area contributed by atoms with E-state index in [1.807, 2.05) is 32.2 Å². The molecule has 0 spiro atoms. The first-order valence-corrected chi connectivity index (χ1v) is 6.97. The van der Waals surface area contributed by atoms with Gasteiger partial charge in [0.2, 0.25) is 0 Å². The smallest absolute Gasteiger partial charge is 0.0898 e. The highest BCUT2D eigenvalue weighted by Gasteiger charge is 2.11. The number of aryl methyl sites for hydroxylation is 1. The molecule has 2 N–H and O–H groups in total. The third-order valence-corrected chi connectivity index (χ3v) is 3.95. The van der Waals surface area contributed by atoms with Crippen LogP contribution in [0, 0.1) is 6.92 Å². The molecule has 0 radical (unpaired) electrons. The molecule has 3 nitrogen and oxygen atoms in total. The topological polar surface area (TPSA) is 42.2 Å². The Morgan fingerprint density at radius 1 is 1.44 bits per heavy atom. The summed E-state index contributed by atoms with van der Waals surface area (Å²) in [6.45, 7) is 3.21. The molecule has 0 aliphatic carbocycles. The number of halogens is 1. The van der Waals surface area contributed by atoms with Crippen LogP contribution in [0.2, 0.25) is 5.02 Å². The van der Waals surface area contributed by atoms with Crippen LogP contribution in [0.1, 0.15) is 16.3 Å². The van der Waals surface area contributed by atoms with Gasteiger partial charge in [-0.1, -0.05) is 17.7 Å². The highest BCUT2D eigenvalue weighted by molar-refractivity contribution is 7.09. The summed E-state index contributed by atoms with van der Waals surface area (Å²) in [5.74, 6) is 0. The first-order valence-electron chi connectivity index (χ1n) is 5.71. The monoisotopic (exact) mass is 281 g/mol. The summed E-state index contributed by atoms with van der Waals surface area (Å²) in [4.78, 5) is 6.59. The first kappa shape index (κ1) is 13.3. The van der Waals surface area contributed by atoms with Crippen molar-refractivity contribution < 1.29 is 0 Å². The summed E-state index contributed by atoms with van der Waals surface area (Å²) in [6.07, 6.45) is 0. The van der Waals surface area contributed by atoms with Crippen molar-refractivity contribution in [1.82, 2.24) is 4.98 Å². The molecule has 5 heteroatoms. The standard InChI is InChI=1S/C13H16ClN3S/c1-9-16-10(8-18-9)7-17(2)13-5-3-4-12(14)11(13)6-15/h3-5,8H,6-7,15H2,1-2H3. The Morgan fingerprint density at radius 2 is 2.22 bits per heavy atom. The fraction of sp³-hybridized carbons (Fsp3) is 0.308. The second-order valence-corrected chi connectivity index (χ2v) is 5.62. The molecular weight excluding hydrogens is 266 g/mol. The molecule has 0 atom stereocenters. The largest absolute Gasteiger partial charge is 0.368 e. The number of rotatable bonds is 4. The van der Waals surface area contributed by atoms with Crippen molar-refractivity contribution in [1.29, 1.82) is 0 Å². The fourth-order valence-corrected chi connectivity index (χ4v) is 2.77. The van der Waals surface area contributed by atoms with Gasteiger partial charge in [0.15, 0.2) is 0 Å². The van der Waals surface area contributed by atoms with Gasteiger partial charge in [-0.2, -0.15) is 0 Å². The van der Waals surface area contributed by atoms with Crippen molar-refractivity contribution in [3.05, 3.63) is 44.9 Å². The van der Waals surface area contributed by atoms with Gasteiger partial charge in [-0.3, -0.25) is 0 Å². The molecule has 0 unspecified atom stereocenters. The summed E-state index contributed by atoms with van der Waals surface area (Å²) in [5.41, 5.74) is 8.88. The number of hydrogen-bond acceptors (Lipinski definition) is 4. The fourth-order valence-electron chi connectivity index (χ4n) is 1.92. The molecule has 0 aliphatic rings. The molecule has 1 heterocycles. The van der Waals surface area contributed by atoms with E-state index in [9.17, 15) is 0 Å². The average Bonchev–Trinajstić information content (AvgIpc) is 2.74. The number of hydrogen-bond donors (Lipinski definition) is 1. The molecule has 0 fully saturated rings. The molecule has 2 aromatic rings. The highest BCUT2D eigenvalue weighted by atomic mass is 35.5. The quantitative estimate of drug-likeness (QED) is 0.936. The van der Waals surface area contributed by atoms with Crippen molar-refractivity contribution in [3.63, 3.8) is 0 Å². The zero-order valence-corrected chi connectivity index (χ0v) is 12.1. The van der Waals surface area contributed by atoms with Gasteiger partial charge in [-0.25, -0.2) is 4.98 Å². The van der Waals surface area contributed by atoms with Crippen LogP contribution in [0.25, 0.3) is 0 Å². The summed E-state index contributed by atoms with van der Waals surface area (Å²) in [6, 6.07) is 5.85. The average molecular weight is 282 g/mol. The Labute approximate surface area is 116 Å². The number of nitrogens with two attached hydrogens (primary N) is 1. The summed E-state index contributed by atoms with van der Waals surface area (Å²) in [7, 11) is 2.03. The summed E-state index contributed by atoms with van der Waals surface area (Å²) >= 11 is 7.83. The summed E-state index contributed by atoms with van der Waals surface area (Å²) < 4.78 is 0. The van der Waals surface area contributed by atoms with Crippen LogP contribution < -0.4 is 10.6 Å². The van der Waals surface area contributed by atoms with Gasteiger partial charge in [0.1, 0.15) is 0 Å². The van der Waals surface area contributed by atoms with Crippen molar-refractivity contribution in [2.45, 2.75) is 20.0 Å². The van der Waals surface area contributed by atoms with Crippen LogP contribution in [-0.2, 0) is 13.1 Å². The Balaban J connectivity index is 2.23.